The summed E-state index contributed by atoms with van der Waals surface area (Å²) in [6.07, 6.45) is 1.96. The van der Waals surface area contributed by atoms with Crippen molar-refractivity contribution in [1.29, 1.82) is 5.26 Å². The van der Waals surface area contributed by atoms with Gasteiger partial charge in [0.05, 0.1) is 40.8 Å². The number of nitriles is 1. The second-order valence-electron chi connectivity index (χ2n) is 7.08. The SMILES string of the molecule is COc1c(Cc2cc(-n3nc(C)c(Cl)c3C)ncn2)nn(C)c1-c1ccc(C#N)cc1. The molecule has 0 atom stereocenters. The lowest BCUT2D eigenvalue weighted by Crippen LogP contribution is -2.05. The molecule has 1 aromatic carbocycles. The number of hydrogen-bond acceptors (Lipinski definition) is 6. The first-order valence-corrected chi connectivity index (χ1v) is 9.94. The van der Waals surface area contributed by atoms with Crippen molar-refractivity contribution >= 4 is 11.6 Å². The lowest BCUT2D eigenvalue weighted by atomic mass is 10.1. The number of halogens is 1. The minimum Gasteiger partial charge on any atom is -0.492 e. The molecular formula is C22H20ClN7O. The molecule has 4 aromatic rings. The Bertz CT molecular complexity index is 1300. The van der Waals surface area contributed by atoms with Crippen LogP contribution in [-0.2, 0) is 13.5 Å². The first-order valence-electron chi connectivity index (χ1n) is 9.56. The number of aromatic nitrogens is 6. The Morgan fingerprint density at radius 2 is 1.87 bits per heavy atom. The first kappa shape index (κ1) is 20.6. The number of benzene rings is 1. The molecule has 0 aliphatic rings. The van der Waals surface area contributed by atoms with Gasteiger partial charge in [-0.15, -0.1) is 0 Å². The molecule has 0 saturated carbocycles. The molecule has 31 heavy (non-hydrogen) atoms. The summed E-state index contributed by atoms with van der Waals surface area (Å²) in [4.78, 5) is 8.75. The van der Waals surface area contributed by atoms with Gasteiger partial charge in [0.25, 0.3) is 0 Å². The van der Waals surface area contributed by atoms with Crippen molar-refractivity contribution in [2.24, 2.45) is 7.05 Å². The molecule has 9 heteroatoms. The van der Waals surface area contributed by atoms with E-state index >= 15 is 0 Å². The number of hydrogen-bond donors (Lipinski definition) is 0. The molecule has 0 amide bonds. The van der Waals surface area contributed by atoms with Crippen LogP contribution >= 0.6 is 11.6 Å². The molecule has 0 aliphatic heterocycles. The molecule has 4 rings (SSSR count). The van der Waals surface area contributed by atoms with Gasteiger partial charge in [0, 0.05) is 25.1 Å². The van der Waals surface area contributed by atoms with Gasteiger partial charge in [0.15, 0.2) is 11.6 Å². The summed E-state index contributed by atoms with van der Waals surface area (Å²) >= 11 is 6.28. The monoisotopic (exact) mass is 433 g/mol. The predicted molar refractivity (Wildman–Crippen MR) is 116 cm³/mol. The maximum absolute atomic E-state index is 9.04. The molecule has 0 bridgehead atoms. The average Bonchev–Trinajstić information content (AvgIpc) is 3.23. The molecule has 0 saturated heterocycles. The van der Waals surface area contributed by atoms with Crippen molar-refractivity contribution in [3.8, 4) is 28.9 Å². The number of rotatable bonds is 5. The number of nitrogens with zero attached hydrogens (tertiary/aromatic N) is 7. The van der Waals surface area contributed by atoms with Gasteiger partial charge < -0.3 is 4.74 Å². The summed E-state index contributed by atoms with van der Waals surface area (Å²) in [5.74, 6) is 1.31. The maximum Gasteiger partial charge on any atom is 0.168 e. The zero-order valence-corrected chi connectivity index (χ0v) is 18.3. The summed E-state index contributed by atoms with van der Waals surface area (Å²) in [5.41, 5.74) is 5.44. The molecule has 0 radical (unpaired) electrons. The Kier molecular flexibility index (Phi) is 5.44. The first-order chi connectivity index (χ1) is 14.9. The number of ether oxygens (including phenoxy) is 1. The minimum atomic E-state index is 0.454. The summed E-state index contributed by atoms with van der Waals surface area (Å²) in [7, 11) is 3.49. The zero-order valence-electron chi connectivity index (χ0n) is 17.6. The smallest absolute Gasteiger partial charge is 0.168 e. The van der Waals surface area contributed by atoms with Crippen LogP contribution < -0.4 is 4.74 Å². The summed E-state index contributed by atoms with van der Waals surface area (Å²) in [6, 6.07) is 11.3. The summed E-state index contributed by atoms with van der Waals surface area (Å²) in [6.45, 7) is 3.76. The van der Waals surface area contributed by atoms with E-state index in [1.807, 2.05) is 39.1 Å². The molecular weight excluding hydrogens is 414 g/mol. The van der Waals surface area contributed by atoms with Crippen molar-refractivity contribution < 1.29 is 4.74 Å². The van der Waals surface area contributed by atoms with E-state index in [1.54, 1.807) is 28.6 Å². The predicted octanol–water partition coefficient (Wildman–Crippen LogP) is 3.80. The Morgan fingerprint density at radius 3 is 2.48 bits per heavy atom. The van der Waals surface area contributed by atoms with Gasteiger partial charge in [-0.1, -0.05) is 23.7 Å². The Labute approximate surface area is 184 Å². The molecule has 3 heterocycles. The van der Waals surface area contributed by atoms with E-state index in [1.165, 1.54) is 6.33 Å². The third kappa shape index (κ3) is 3.76. The van der Waals surface area contributed by atoms with E-state index in [0.717, 1.165) is 34.0 Å². The summed E-state index contributed by atoms with van der Waals surface area (Å²) < 4.78 is 9.19. The van der Waals surface area contributed by atoms with E-state index < -0.39 is 0 Å². The van der Waals surface area contributed by atoms with Crippen molar-refractivity contribution in [1.82, 2.24) is 29.5 Å². The Balaban J connectivity index is 1.70. The standard InChI is InChI=1S/C22H20ClN7O/c1-13-20(23)14(2)30(27-13)19-10-17(25-12-26-19)9-18-22(31-4)21(29(3)28-18)16-7-5-15(11-24)6-8-16/h5-8,10,12H,9H2,1-4H3. The molecule has 8 nitrogen and oxygen atoms in total. The van der Waals surface area contributed by atoms with Crippen LogP contribution in [0.3, 0.4) is 0 Å². The lowest BCUT2D eigenvalue weighted by Gasteiger charge is -2.07. The number of methoxy groups -OCH3 is 1. The van der Waals surface area contributed by atoms with Crippen molar-refractivity contribution in [2.45, 2.75) is 20.3 Å². The highest BCUT2D eigenvalue weighted by atomic mass is 35.5. The van der Waals surface area contributed by atoms with E-state index in [9.17, 15) is 0 Å². The van der Waals surface area contributed by atoms with Gasteiger partial charge in [-0.25, -0.2) is 14.6 Å². The van der Waals surface area contributed by atoms with Crippen molar-refractivity contribution in [2.75, 3.05) is 7.11 Å². The molecule has 0 spiro atoms. The molecule has 0 N–H and O–H groups in total. The van der Waals surface area contributed by atoms with Gasteiger partial charge in [-0.3, -0.25) is 4.68 Å². The quantitative estimate of drug-likeness (QED) is 0.475. The van der Waals surface area contributed by atoms with E-state index in [0.29, 0.717) is 28.6 Å². The van der Waals surface area contributed by atoms with Crippen LogP contribution in [0.25, 0.3) is 17.1 Å². The van der Waals surface area contributed by atoms with E-state index in [4.69, 9.17) is 21.6 Å². The average molecular weight is 434 g/mol. The van der Waals surface area contributed by atoms with Crippen LogP contribution in [-0.4, -0.2) is 36.6 Å². The number of aryl methyl sites for hydroxylation is 2. The molecule has 0 unspecified atom stereocenters. The van der Waals surface area contributed by atoms with Gasteiger partial charge in [-0.2, -0.15) is 15.5 Å². The fourth-order valence-corrected chi connectivity index (χ4v) is 3.65. The van der Waals surface area contributed by atoms with Crippen LogP contribution in [0.1, 0.15) is 28.3 Å². The van der Waals surface area contributed by atoms with Gasteiger partial charge >= 0.3 is 0 Å². The van der Waals surface area contributed by atoms with Crippen LogP contribution in [0.15, 0.2) is 36.7 Å². The fourth-order valence-electron chi connectivity index (χ4n) is 3.53. The third-order valence-corrected chi connectivity index (χ3v) is 5.59. The Hall–Kier alpha value is -3.70. The van der Waals surface area contributed by atoms with Crippen molar-refractivity contribution in [3.05, 3.63) is 70.0 Å². The summed E-state index contributed by atoms with van der Waals surface area (Å²) in [5, 5.41) is 18.8. The molecule has 0 aliphatic carbocycles. The van der Waals surface area contributed by atoms with Crippen molar-refractivity contribution in [3.63, 3.8) is 0 Å². The third-order valence-electron chi connectivity index (χ3n) is 5.04. The van der Waals surface area contributed by atoms with Crippen LogP contribution in [0.4, 0.5) is 0 Å². The maximum atomic E-state index is 9.04. The molecule has 156 valence electrons. The van der Waals surface area contributed by atoms with Crippen LogP contribution in [0, 0.1) is 25.2 Å². The molecule has 3 aromatic heterocycles. The highest BCUT2D eigenvalue weighted by Gasteiger charge is 2.20. The van der Waals surface area contributed by atoms with E-state index in [-0.39, 0.29) is 0 Å². The highest BCUT2D eigenvalue weighted by molar-refractivity contribution is 6.31. The van der Waals surface area contributed by atoms with Gasteiger partial charge in [-0.05, 0) is 26.0 Å². The van der Waals surface area contributed by atoms with Crippen LogP contribution in [0.5, 0.6) is 5.75 Å². The Morgan fingerprint density at radius 1 is 1.13 bits per heavy atom. The second-order valence-corrected chi connectivity index (χ2v) is 7.46. The lowest BCUT2D eigenvalue weighted by molar-refractivity contribution is 0.412. The van der Waals surface area contributed by atoms with Crippen LogP contribution in [0.2, 0.25) is 5.02 Å². The fraction of sp³-hybridized carbons (Fsp3) is 0.227. The highest BCUT2D eigenvalue weighted by Crippen LogP contribution is 2.34. The van der Waals surface area contributed by atoms with E-state index in [2.05, 4.69) is 26.2 Å². The zero-order chi connectivity index (χ0) is 22.1. The topological polar surface area (TPSA) is 94.4 Å². The van der Waals surface area contributed by atoms with Gasteiger partial charge in [0.2, 0.25) is 0 Å². The normalized spacial score (nSPS) is 10.8. The second kappa shape index (κ2) is 8.20. The largest absolute Gasteiger partial charge is 0.492 e. The van der Waals surface area contributed by atoms with Gasteiger partial charge in [0.1, 0.15) is 17.7 Å². The molecule has 0 fully saturated rings. The minimum absolute atomic E-state index is 0.454.